The van der Waals surface area contributed by atoms with E-state index in [1.807, 2.05) is 6.92 Å². The van der Waals surface area contributed by atoms with Crippen molar-refractivity contribution in [3.63, 3.8) is 0 Å². The van der Waals surface area contributed by atoms with Crippen LogP contribution in [0.25, 0.3) is 0 Å². The SMILES string of the molecule is CCNC(=NCC1(CO)CC1)NC(C)COC. The van der Waals surface area contributed by atoms with E-state index in [0.29, 0.717) is 13.2 Å². The first kappa shape index (κ1) is 14.3. The van der Waals surface area contributed by atoms with Crippen LogP contribution in [0.3, 0.4) is 0 Å². The lowest BCUT2D eigenvalue weighted by Crippen LogP contribution is -2.44. The molecule has 0 aliphatic heterocycles. The monoisotopic (exact) mass is 243 g/mol. The van der Waals surface area contributed by atoms with E-state index in [1.165, 1.54) is 0 Å². The van der Waals surface area contributed by atoms with Gasteiger partial charge in [-0.2, -0.15) is 0 Å². The summed E-state index contributed by atoms with van der Waals surface area (Å²) in [6.07, 6.45) is 2.17. The third-order valence-electron chi connectivity index (χ3n) is 3.01. The summed E-state index contributed by atoms with van der Waals surface area (Å²) in [7, 11) is 1.69. The van der Waals surface area contributed by atoms with Gasteiger partial charge in [0.05, 0.1) is 19.8 Å². The molecule has 1 aliphatic carbocycles. The molecule has 0 saturated heterocycles. The summed E-state index contributed by atoms with van der Waals surface area (Å²) < 4.78 is 5.08. The van der Waals surface area contributed by atoms with E-state index in [9.17, 15) is 5.11 Å². The lowest BCUT2D eigenvalue weighted by Gasteiger charge is -2.18. The van der Waals surface area contributed by atoms with Gasteiger partial charge in [-0.25, -0.2) is 0 Å². The molecule has 1 rings (SSSR count). The molecule has 0 aromatic heterocycles. The van der Waals surface area contributed by atoms with Crippen LogP contribution in [0.15, 0.2) is 4.99 Å². The highest BCUT2D eigenvalue weighted by Crippen LogP contribution is 2.45. The van der Waals surface area contributed by atoms with E-state index in [0.717, 1.165) is 25.3 Å². The minimum Gasteiger partial charge on any atom is -0.396 e. The van der Waals surface area contributed by atoms with Crippen molar-refractivity contribution in [3.8, 4) is 0 Å². The number of aliphatic imine (C=N–C) groups is 1. The first-order valence-corrected chi connectivity index (χ1v) is 6.30. The fourth-order valence-electron chi connectivity index (χ4n) is 1.63. The summed E-state index contributed by atoms with van der Waals surface area (Å²) in [6, 6.07) is 0.224. The molecule has 0 aromatic rings. The Kier molecular flexibility index (Phi) is 5.71. The number of hydrogen-bond donors (Lipinski definition) is 3. The normalized spacial score (nSPS) is 19.9. The van der Waals surface area contributed by atoms with E-state index >= 15 is 0 Å². The molecule has 1 unspecified atom stereocenters. The van der Waals surface area contributed by atoms with E-state index in [4.69, 9.17) is 4.74 Å². The van der Waals surface area contributed by atoms with Crippen LogP contribution in [-0.2, 0) is 4.74 Å². The van der Waals surface area contributed by atoms with Crippen molar-refractivity contribution < 1.29 is 9.84 Å². The minimum atomic E-state index is 0.0623. The zero-order chi connectivity index (χ0) is 12.7. The topological polar surface area (TPSA) is 65.9 Å². The summed E-state index contributed by atoms with van der Waals surface area (Å²) in [5.41, 5.74) is 0.0623. The number of hydrogen-bond acceptors (Lipinski definition) is 3. The maximum absolute atomic E-state index is 9.24. The Balaban J connectivity index is 2.43. The Labute approximate surface area is 104 Å². The number of rotatable bonds is 7. The van der Waals surface area contributed by atoms with Gasteiger partial charge in [0.25, 0.3) is 0 Å². The Hall–Kier alpha value is -0.810. The summed E-state index contributed by atoms with van der Waals surface area (Å²) in [5.74, 6) is 0.803. The van der Waals surface area contributed by atoms with Gasteiger partial charge in [0, 0.05) is 25.1 Å². The summed E-state index contributed by atoms with van der Waals surface area (Å²) in [5, 5.41) is 15.7. The molecule has 5 heteroatoms. The standard InChI is InChI=1S/C12H25N3O2/c1-4-13-11(15-10(2)7-17-3)14-8-12(9-16)5-6-12/h10,16H,4-9H2,1-3H3,(H2,13,14,15). The summed E-state index contributed by atoms with van der Waals surface area (Å²) >= 11 is 0. The Morgan fingerprint density at radius 3 is 2.71 bits per heavy atom. The van der Waals surface area contributed by atoms with Crippen molar-refractivity contribution in [2.45, 2.75) is 32.7 Å². The maximum atomic E-state index is 9.24. The van der Waals surface area contributed by atoms with E-state index < -0.39 is 0 Å². The third kappa shape index (κ3) is 4.91. The maximum Gasteiger partial charge on any atom is 0.191 e. The number of nitrogens with one attached hydrogen (secondary N) is 2. The fourth-order valence-corrected chi connectivity index (χ4v) is 1.63. The largest absolute Gasteiger partial charge is 0.396 e. The van der Waals surface area contributed by atoms with Crippen molar-refractivity contribution in [1.82, 2.24) is 10.6 Å². The predicted octanol–water partition coefficient (Wildman–Crippen LogP) is 0.349. The van der Waals surface area contributed by atoms with E-state index in [-0.39, 0.29) is 18.1 Å². The van der Waals surface area contributed by atoms with Crippen LogP contribution >= 0.6 is 0 Å². The van der Waals surface area contributed by atoms with E-state index in [1.54, 1.807) is 7.11 Å². The third-order valence-corrected chi connectivity index (χ3v) is 3.01. The number of nitrogens with zero attached hydrogens (tertiary/aromatic N) is 1. The molecule has 1 saturated carbocycles. The number of guanidine groups is 1. The molecule has 0 bridgehead atoms. The first-order valence-electron chi connectivity index (χ1n) is 6.30. The molecule has 17 heavy (non-hydrogen) atoms. The van der Waals surface area contributed by atoms with Gasteiger partial charge in [-0.15, -0.1) is 0 Å². The highest BCUT2D eigenvalue weighted by molar-refractivity contribution is 5.80. The molecule has 1 atom stereocenters. The second kappa shape index (κ2) is 6.81. The molecule has 1 fully saturated rings. The molecule has 0 heterocycles. The van der Waals surface area contributed by atoms with Crippen molar-refractivity contribution >= 4 is 5.96 Å². The van der Waals surface area contributed by atoms with Crippen molar-refractivity contribution in [2.24, 2.45) is 10.4 Å². The smallest absolute Gasteiger partial charge is 0.191 e. The van der Waals surface area contributed by atoms with Gasteiger partial charge in [0.2, 0.25) is 0 Å². The van der Waals surface area contributed by atoms with Gasteiger partial charge >= 0.3 is 0 Å². The van der Waals surface area contributed by atoms with Crippen LogP contribution < -0.4 is 10.6 Å². The van der Waals surface area contributed by atoms with Crippen LogP contribution in [0.4, 0.5) is 0 Å². The van der Waals surface area contributed by atoms with Crippen molar-refractivity contribution in [3.05, 3.63) is 0 Å². The Morgan fingerprint density at radius 2 is 2.24 bits per heavy atom. The molecule has 100 valence electrons. The molecule has 1 aliphatic rings. The molecule has 0 aromatic carbocycles. The van der Waals surface area contributed by atoms with Crippen LogP contribution in [-0.4, -0.2) is 50.5 Å². The predicted molar refractivity (Wildman–Crippen MR) is 69.2 cm³/mol. The molecular formula is C12H25N3O2. The van der Waals surface area contributed by atoms with Crippen molar-refractivity contribution in [2.75, 3.05) is 33.4 Å². The lowest BCUT2D eigenvalue weighted by molar-refractivity contribution is 0.179. The number of aliphatic hydroxyl groups excluding tert-OH is 1. The molecule has 0 amide bonds. The van der Waals surface area contributed by atoms with Crippen LogP contribution in [0.5, 0.6) is 0 Å². The summed E-state index contributed by atoms with van der Waals surface area (Å²) in [4.78, 5) is 4.52. The van der Waals surface area contributed by atoms with Gasteiger partial charge < -0.3 is 20.5 Å². The van der Waals surface area contributed by atoms with Crippen LogP contribution in [0.1, 0.15) is 26.7 Å². The average Bonchev–Trinajstić information content (AvgIpc) is 3.07. The van der Waals surface area contributed by atoms with Gasteiger partial charge in [0.1, 0.15) is 0 Å². The van der Waals surface area contributed by atoms with Gasteiger partial charge in [0.15, 0.2) is 5.96 Å². The Morgan fingerprint density at radius 1 is 1.53 bits per heavy atom. The van der Waals surface area contributed by atoms with Crippen molar-refractivity contribution in [1.29, 1.82) is 0 Å². The van der Waals surface area contributed by atoms with Gasteiger partial charge in [-0.1, -0.05) is 0 Å². The lowest BCUT2D eigenvalue weighted by atomic mass is 10.1. The molecule has 3 N–H and O–H groups in total. The zero-order valence-electron chi connectivity index (χ0n) is 11.1. The van der Waals surface area contributed by atoms with E-state index in [2.05, 4.69) is 22.5 Å². The minimum absolute atomic E-state index is 0.0623. The second-order valence-electron chi connectivity index (χ2n) is 4.85. The first-order chi connectivity index (χ1) is 8.15. The quantitative estimate of drug-likeness (QED) is 0.446. The average molecular weight is 243 g/mol. The number of aliphatic hydroxyl groups is 1. The summed E-state index contributed by atoms with van der Waals surface area (Å²) in [6.45, 7) is 6.50. The second-order valence-corrected chi connectivity index (χ2v) is 4.85. The Bertz CT molecular complexity index is 252. The van der Waals surface area contributed by atoms with Crippen LogP contribution in [0.2, 0.25) is 0 Å². The number of ether oxygens (including phenoxy) is 1. The molecule has 0 radical (unpaired) electrons. The van der Waals surface area contributed by atoms with Crippen LogP contribution in [0, 0.1) is 5.41 Å². The number of methoxy groups -OCH3 is 1. The highest BCUT2D eigenvalue weighted by Gasteiger charge is 2.41. The highest BCUT2D eigenvalue weighted by atomic mass is 16.5. The van der Waals surface area contributed by atoms with Gasteiger partial charge in [-0.3, -0.25) is 4.99 Å². The fraction of sp³-hybridized carbons (Fsp3) is 0.917. The molecule has 5 nitrogen and oxygen atoms in total. The van der Waals surface area contributed by atoms with Gasteiger partial charge in [-0.05, 0) is 26.7 Å². The molecule has 0 spiro atoms. The molecular weight excluding hydrogens is 218 g/mol. The zero-order valence-corrected chi connectivity index (χ0v) is 11.1.